The Bertz CT molecular complexity index is 621. The summed E-state index contributed by atoms with van der Waals surface area (Å²) in [4.78, 5) is 18.2. The molecule has 116 valence electrons. The van der Waals surface area contributed by atoms with Gasteiger partial charge in [0.25, 0.3) is 0 Å². The molecule has 0 atom stereocenters. The molecule has 0 saturated carbocycles. The predicted octanol–water partition coefficient (Wildman–Crippen LogP) is 3.61. The maximum atomic E-state index is 10.6. The van der Waals surface area contributed by atoms with E-state index in [2.05, 4.69) is 45.5 Å². The van der Waals surface area contributed by atoms with Crippen molar-refractivity contribution in [2.45, 2.75) is 25.3 Å². The van der Waals surface area contributed by atoms with Crippen molar-refractivity contribution >= 4 is 22.6 Å². The Labute approximate surface area is 133 Å². The fourth-order valence-electron chi connectivity index (χ4n) is 2.90. The number of piperidine rings is 1. The van der Waals surface area contributed by atoms with Crippen molar-refractivity contribution < 1.29 is 9.90 Å². The molecule has 0 radical (unpaired) electrons. The van der Waals surface area contributed by atoms with Crippen LogP contribution < -0.4 is 5.32 Å². The third kappa shape index (κ3) is 3.84. The first-order chi connectivity index (χ1) is 10.7. The highest BCUT2D eigenvalue weighted by Gasteiger charge is 2.21. The second kappa shape index (κ2) is 6.89. The summed E-state index contributed by atoms with van der Waals surface area (Å²) in [5.41, 5.74) is 1.44. The number of nitrogens with zero attached hydrogens (tertiary/aromatic N) is 2. The van der Waals surface area contributed by atoms with Gasteiger partial charge in [0.15, 0.2) is 5.13 Å². The Balaban J connectivity index is 1.51. The van der Waals surface area contributed by atoms with Crippen LogP contribution in [0.4, 0.5) is 9.93 Å². The zero-order chi connectivity index (χ0) is 15.4. The summed E-state index contributed by atoms with van der Waals surface area (Å²) in [6, 6.07) is 10.7. The van der Waals surface area contributed by atoms with E-state index in [1.807, 2.05) is 0 Å². The van der Waals surface area contributed by atoms with Crippen LogP contribution >= 0.6 is 11.3 Å². The van der Waals surface area contributed by atoms with Crippen molar-refractivity contribution in [3.8, 4) is 0 Å². The summed E-state index contributed by atoms with van der Waals surface area (Å²) in [5.74, 6) is 0.656. The molecule has 1 amide bonds. The minimum atomic E-state index is -1.07. The van der Waals surface area contributed by atoms with Gasteiger partial charge in [-0.05, 0) is 37.4 Å². The number of carboxylic acid groups (broad SMARTS) is 1. The van der Waals surface area contributed by atoms with Gasteiger partial charge in [-0.15, -0.1) is 11.3 Å². The van der Waals surface area contributed by atoms with Crippen LogP contribution in [0.3, 0.4) is 0 Å². The van der Waals surface area contributed by atoms with E-state index < -0.39 is 6.09 Å². The first kappa shape index (κ1) is 15.0. The van der Waals surface area contributed by atoms with Crippen molar-refractivity contribution in [3.05, 3.63) is 47.0 Å². The molecule has 22 heavy (non-hydrogen) atoms. The number of aromatic nitrogens is 1. The van der Waals surface area contributed by atoms with Gasteiger partial charge >= 0.3 is 6.09 Å². The van der Waals surface area contributed by atoms with Gasteiger partial charge < -0.3 is 5.11 Å². The lowest BCUT2D eigenvalue weighted by Gasteiger charge is -2.31. The standard InChI is InChI=1S/C16H19N3O2S/c20-16(21)18-15-17-10-14(22-15)11-19-8-6-13(7-9-19)12-4-2-1-3-5-12/h1-5,10,13H,6-9,11H2,(H,17,18)(H,20,21). The molecule has 1 aliphatic rings. The highest BCUT2D eigenvalue weighted by molar-refractivity contribution is 7.15. The maximum absolute atomic E-state index is 10.6. The van der Waals surface area contributed by atoms with E-state index in [0.717, 1.165) is 24.5 Å². The summed E-state index contributed by atoms with van der Waals surface area (Å²) < 4.78 is 0. The molecular weight excluding hydrogens is 298 g/mol. The lowest BCUT2D eigenvalue weighted by molar-refractivity contribution is 0.206. The number of anilines is 1. The molecule has 1 aromatic carbocycles. The third-order valence-corrected chi connectivity index (χ3v) is 4.90. The first-order valence-electron chi connectivity index (χ1n) is 7.42. The smallest absolute Gasteiger partial charge is 0.410 e. The number of amides is 1. The van der Waals surface area contributed by atoms with Crippen LogP contribution in [-0.4, -0.2) is 34.2 Å². The molecule has 0 unspecified atom stereocenters. The molecule has 0 spiro atoms. The molecule has 0 bridgehead atoms. The van der Waals surface area contributed by atoms with Crippen molar-refractivity contribution in [2.75, 3.05) is 18.4 Å². The van der Waals surface area contributed by atoms with Gasteiger partial charge in [0.05, 0.1) is 0 Å². The number of benzene rings is 1. The Hall–Kier alpha value is -1.92. The number of hydrogen-bond acceptors (Lipinski definition) is 4. The zero-order valence-electron chi connectivity index (χ0n) is 12.2. The number of rotatable bonds is 4. The fourth-order valence-corrected chi connectivity index (χ4v) is 3.74. The first-order valence-corrected chi connectivity index (χ1v) is 8.24. The average molecular weight is 317 g/mol. The van der Waals surface area contributed by atoms with Gasteiger partial charge in [0, 0.05) is 17.6 Å². The molecule has 3 rings (SSSR count). The Morgan fingerprint density at radius 2 is 2.05 bits per heavy atom. The molecule has 5 nitrogen and oxygen atoms in total. The number of thiazole rings is 1. The summed E-state index contributed by atoms with van der Waals surface area (Å²) in [7, 11) is 0. The lowest BCUT2D eigenvalue weighted by Crippen LogP contribution is -2.32. The van der Waals surface area contributed by atoms with Gasteiger partial charge in [-0.1, -0.05) is 30.3 Å². The largest absolute Gasteiger partial charge is 0.465 e. The van der Waals surface area contributed by atoms with Crippen LogP contribution in [0, 0.1) is 0 Å². The SMILES string of the molecule is O=C(O)Nc1ncc(CN2CCC(c3ccccc3)CC2)s1. The molecule has 6 heteroatoms. The second-order valence-electron chi connectivity index (χ2n) is 5.52. The van der Waals surface area contributed by atoms with Gasteiger partial charge in [0.2, 0.25) is 0 Å². The lowest BCUT2D eigenvalue weighted by atomic mass is 9.89. The third-order valence-electron chi connectivity index (χ3n) is 4.01. The zero-order valence-corrected chi connectivity index (χ0v) is 13.1. The molecule has 1 fully saturated rings. The van der Waals surface area contributed by atoms with E-state index in [-0.39, 0.29) is 0 Å². The van der Waals surface area contributed by atoms with E-state index in [9.17, 15) is 4.79 Å². The molecule has 2 N–H and O–H groups in total. The van der Waals surface area contributed by atoms with Crippen LogP contribution in [0.5, 0.6) is 0 Å². The summed E-state index contributed by atoms with van der Waals surface area (Å²) >= 11 is 1.41. The van der Waals surface area contributed by atoms with Gasteiger partial charge in [-0.2, -0.15) is 0 Å². The van der Waals surface area contributed by atoms with Gasteiger partial charge in [-0.25, -0.2) is 9.78 Å². The number of likely N-dealkylation sites (tertiary alicyclic amines) is 1. The normalized spacial score (nSPS) is 16.5. The Morgan fingerprint density at radius 1 is 1.32 bits per heavy atom. The number of hydrogen-bond donors (Lipinski definition) is 2. The molecule has 2 aromatic rings. The number of carbonyl (C=O) groups is 1. The van der Waals surface area contributed by atoms with Crippen molar-refractivity contribution in [1.82, 2.24) is 9.88 Å². The van der Waals surface area contributed by atoms with E-state index in [4.69, 9.17) is 5.11 Å². The fraction of sp³-hybridized carbons (Fsp3) is 0.375. The molecule has 1 aromatic heterocycles. The minimum absolute atomic E-state index is 0.446. The topological polar surface area (TPSA) is 65.5 Å². The average Bonchev–Trinajstić information content (AvgIpc) is 2.95. The monoisotopic (exact) mass is 317 g/mol. The molecule has 2 heterocycles. The van der Waals surface area contributed by atoms with Crippen LogP contribution in [-0.2, 0) is 6.54 Å². The quantitative estimate of drug-likeness (QED) is 0.904. The maximum Gasteiger partial charge on any atom is 0.410 e. The second-order valence-corrected chi connectivity index (χ2v) is 6.64. The van der Waals surface area contributed by atoms with E-state index in [1.54, 1.807) is 6.20 Å². The molecule has 0 aliphatic carbocycles. The number of nitrogens with one attached hydrogen (secondary N) is 1. The molecule has 1 aliphatic heterocycles. The van der Waals surface area contributed by atoms with Gasteiger partial charge in [0.1, 0.15) is 0 Å². The Kier molecular flexibility index (Phi) is 4.70. The van der Waals surface area contributed by atoms with E-state index in [0.29, 0.717) is 11.0 Å². The minimum Gasteiger partial charge on any atom is -0.465 e. The van der Waals surface area contributed by atoms with E-state index >= 15 is 0 Å². The van der Waals surface area contributed by atoms with Crippen LogP contribution in [0.15, 0.2) is 36.5 Å². The van der Waals surface area contributed by atoms with Crippen molar-refractivity contribution in [3.63, 3.8) is 0 Å². The molecular formula is C16H19N3O2S. The predicted molar refractivity (Wildman–Crippen MR) is 87.5 cm³/mol. The highest BCUT2D eigenvalue weighted by Crippen LogP contribution is 2.29. The van der Waals surface area contributed by atoms with Crippen molar-refractivity contribution in [2.24, 2.45) is 0 Å². The van der Waals surface area contributed by atoms with E-state index in [1.165, 1.54) is 29.7 Å². The van der Waals surface area contributed by atoms with Gasteiger partial charge in [-0.3, -0.25) is 10.2 Å². The Morgan fingerprint density at radius 3 is 2.73 bits per heavy atom. The van der Waals surface area contributed by atoms with Crippen molar-refractivity contribution in [1.29, 1.82) is 0 Å². The summed E-state index contributed by atoms with van der Waals surface area (Å²) in [5, 5.41) is 11.4. The summed E-state index contributed by atoms with van der Waals surface area (Å²) in [6.45, 7) is 2.98. The van der Waals surface area contributed by atoms with Crippen LogP contribution in [0.1, 0.15) is 29.2 Å². The van der Waals surface area contributed by atoms with Crippen LogP contribution in [0.2, 0.25) is 0 Å². The molecule has 1 saturated heterocycles. The highest BCUT2D eigenvalue weighted by atomic mass is 32.1. The summed E-state index contributed by atoms with van der Waals surface area (Å²) in [6.07, 6.45) is 3.04. The van der Waals surface area contributed by atoms with Crippen LogP contribution in [0.25, 0.3) is 0 Å².